The predicted octanol–water partition coefficient (Wildman–Crippen LogP) is -0.369. The third-order valence-corrected chi connectivity index (χ3v) is 3.20. The van der Waals surface area contributed by atoms with Crippen molar-refractivity contribution in [3.8, 4) is 0 Å². The monoisotopic (exact) mass is 258 g/mol. The van der Waals surface area contributed by atoms with Crippen LogP contribution in [0.5, 0.6) is 0 Å². The maximum absolute atomic E-state index is 12.4. The van der Waals surface area contributed by atoms with Crippen LogP contribution in [-0.2, 0) is 19.1 Å². The third-order valence-electron chi connectivity index (χ3n) is 3.20. The lowest BCUT2D eigenvalue weighted by molar-refractivity contribution is -0.150. The molecule has 0 aliphatic carbocycles. The molecule has 1 aliphatic rings. The van der Waals surface area contributed by atoms with E-state index in [0.717, 1.165) is 0 Å². The van der Waals surface area contributed by atoms with Gasteiger partial charge in [0.2, 0.25) is 5.91 Å². The first-order chi connectivity index (χ1) is 8.51. The minimum atomic E-state index is -0.406. The van der Waals surface area contributed by atoms with Crippen LogP contribution < -0.4 is 5.32 Å². The molecule has 0 radical (unpaired) electrons. The number of nitrogens with zero attached hydrogens (tertiary/aromatic N) is 1. The number of rotatable bonds is 5. The molecule has 1 fully saturated rings. The van der Waals surface area contributed by atoms with Gasteiger partial charge in [0.05, 0.1) is 26.2 Å². The van der Waals surface area contributed by atoms with E-state index in [1.807, 2.05) is 13.8 Å². The van der Waals surface area contributed by atoms with Crippen LogP contribution in [0.4, 0.5) is 0 Å². The van der Waals surface area contributed by atoms with Gasteiger partial charge in [0.25, 0.3) is 0 Å². The lowest BCUT2D eigenvalue weighted by atomic mass is 10.0. The van der Waals surface area contributed by atoms with Crippen molar-refractivity contribution >= 4 is 11.9 Å². The lowest BCUT2D eigenvalue weighted by Crippen LogP contribution is -2.49. The minimum Gasteiger partial charge on any atom is -0.468 e. The van der Waals surface area contributed by atoms with Gasteiger partial charge in [-0.25, -0.2) is 0 Å². The molecule has 0 aromatic carbocycles. The predicted molar refractivity (Wildman–Crippen MR) is 66.0 cm³/mol. The van der Waals surface area contributed by atoms with Crippen LogP contribution in [0.25, 0.3) is 0 Å². The maximum atomic E-state index is 12.4. The fraction of sp³-hybridized carbons (Fsp3) is 0.833. The molecule has 0 aromatic heterocycles. The topological polar surface area (TPSA) is 67.9 Å². The molecule has 18 heavy (non-hydrogen) atoms. The second-order valence-corrected chi connectivity index (χ2v) is 4.68. The van der Waals surface area contributed by atoms with E-state index in [-0.39, 0.29) is 30.5 Å². The molecule has 1 rings (SSSR count). The van der Waals surface area contributed by atoms with Gasteiger partial charge >= 0.3 is 5.97 Å². The smallest absolute Gasteiger partial charge is 0.325 e. The van der Waals surface area contributed by atoms with E-state index in [1.165, 1.54) is 12.0 Å². The fourth-order valence-corrected chi connectivity index (χ4v) is 2.01. The third kappa shape index (κ3) is 3.43. The molecule has 2 unspecified atom stereocenters. The summed E-state index contributed by atoms with van der Waals surface area (Å²) in [6.07, 6.45) is 0. The molecule has 6 heteroatoms. The fourth-order valence-electron chi connectivity index (χ4n) is 2.01. The van der Waals surface area contributed by atoms with E-state index >= 15 is 0 Å². The summed E-state index contributed by atoms with van der Waals surface area (Å²) in [7, 11) is 3.13. The zero-order valence-corrected chi connectivity index (χ0v) is 11.4. The summed E-state index contributed by atoms with van der Waals surface area (Å²) in [6.45, 7) is 4.67. The van der Waals surface area contributed by atoms with Gasteiger partial charge in [0, 0.05) is 12.1 Å². The number of methoxy groups -OCH3 is 1. The van der Waals surface area contributed by atoms with Crippen LogP contribution in [0.1, 0.15) is 13.8 Å². The van der Waals surface area contributed by atoms with Gasteiger partial charge in [0.1, 0.15) is 6.54 Å². The van der Waals surface area contributed by atoms with Crippen LogP contribution in [0.15, 0.2) is 0 Å². The normalized spacial score (nSPS) is 23.2. The Labute approximate surface area is 108 Å². The molecule has 6 nitrogen and oxygen atoms in total. The van der Waals surface area contributed by atoms with E-state index in [1.54, 1.807) is 7.05 Å². The van der Waals surface area contributed by atoms with E-state index in [0.29, 0.717) is 13.2 Å². The Bertz CT molecular complexity index is 306. The zero-order valence-electron chi connectivity index (χ0n) is 11.4. The number of carbonyl (C=O) groups is 2. The Morgan fingerprint density at radius 2 is 2.11 bits per heavy atom. The Hall–Kier alpha value is -1.14. The van der Waals surface area contributed by atoms with Gasteiger partial charge in [-0.2, -0.15) is 0 Å². The highest BCUT2D eigenvalue weighted by Gasteiger charge is 2.37. The average Bonchev–Trinajstić information content (AvgIpc) is 2.82. The molecule has 0 bridgehead atoms. The number of amides is 1. The van der Waals surface area contributed by atoms with Crippen molar-refractivity contribution in [1.82, 2.24) is 10.2 Å². The first-order valence-electron chi connectivity index (χ1n) is 6.13. The van der Waals surface area contributed by atoms with Crippen molar-refractivity contribution < 1.29 is 19.1 Å². The molecule has 1 N–H and O–H groups in total. The second-order valence-electron chi connectivity index (χ2n) is 4.68. The Balaban J connectivity index is 2.73. The van der Waals surface area contributed by atoms with Crippen molar-refractivity contribution in [3.05, 3.63) is 0 Å². The molecular weight excluding hydrogens is 236 g/mol. The number of ether oxygens (including phenoxy) is 2. The van der Waals surface area contributed by atoms with Gasteiger partial charge in [-0.05, 0) is 20.9 Å². The highest BCUT2D eigenvalue weighted by molar-refractivity contribution is 5.84. The van der Waals surface area contributed by atoms with Gasteiger partial charge < -0.3 is 19.7 Å². The number of hydrogen-bond acceptors (Lipinski definition) is 5. The minimum absolute atomic E-state index is 0.0106. The van der Waals surface area contributed by atoms with Crippen LogP contribution in [-0.4, -0.2) is 62.8 Å². The van der Waals surface area contributed by atoms with Crippen LogP contribution >= 0.6 is 0 Å². The summed E-state index contributed by atoms with van der Waals surface area (Å²) < 4.78 is 9.93. The zero-order chi connectivity index (χ0) is 13.7. The summed E-state index contributed by atoms with van der Waals surface area (Å²) in [5.74, 6) is -0.703. The Morgan fingerprint density at radius 1 is 1.44 bits per heavy atom. The Morgan fingerprint density at radius 3 is 2.61 bits per heavy atom. The van der Waals surface area contributed by atoms with E-state index in [4.69, 9.17) is 4.74 Å². The van der Waals surface area contributed by atoms with Gasteiger partial charge in [-0.3, -0.25) is 9.59 Å². The average molecular weight is 258 g/mol. The number of nitrogens with one attached hydrogen (secondary N) is 1. The largest absolute Gasteiger partial charge is 0.468 e. The maximum Gasteiger partial charge on any atom is 0.325 e. The summed E-state index contributed by atoms with van der Waals surface area (Å²) in [5, 5.41) is 3.07. The van der Waals surface area contributed by atoms with E-state index in [9.17, 15) is 9.59 Å². The molecule has 0 saturated carbocycles. The first kappa shape index (κ1) is 14.9. The van der Waals surface area contributed by atoms with E-state index in [2.05, 4.69) is 10.1 Å². The molecule has 0 aromatic rings. The molecule has 1 amide bonds. The van der Waals surface area contributed by atoms with Crippen molar-refractivity contribution in [1.29, 1.82) is 0 Å². The number of carbonyl (C=O) groups excluding carboxylic acids is 2. The summed E-state index contributed by atoms with van der Waals surface area (Å²) in [4.78, 5) is 25.3. The van der Waals surface area contributed by atoms with Crippen molar-refractivity contribution in [2.75, 3.05) is 33.9 Å². The van der Waals surface area contributed by atoms with E-state index < -0.39 is 5.97 Å². The number of esters is 1. The quantitative estimate of drug-likeness (QED) is 0.682. The SMILES string of the molecule is CNC1COCC1C(=O)N(CC(=O)OC)C(C)C. The van der Waals surface area contributed by atoms with Crippen LogP contribution in [0.3, 0.4) is 0 Å². The standard InChI is InChI=1S/C12H22N2O4/c1-8(2)14(5-11(15)17-4)12(16)9-6-18-7-10(9)13-3/h8-10,13H,5-7H2,1-4H3. The van der Waals surface area contributed by atoms with Crippen molar-refractivity contribution in [3.63, 3.8) is 0 Å². The number of hydrogen-bond donors (Lipinski definition) is 1. The summed E-state index contributed by atoms with van der Waals surface area (Å²) in [5.41, 5.74) is 0. The molecule has 104 valence electrons. The summed E-state index contributed by atoms with van der Waals surface area (Å²) in [6, 6.07) is -0.0360. The molecule has 1 aliphatic heterocycles. The van der Waals surface area contributed by atoms with Gasteiger partial charge in [-0.1, -0.05) is 0 Å². The number of likely N-dealkylation sites (N-methyl/N-ethyl adjacent to an activating group) is 1. The highest BCUT2D eigenvalue weighted by atomic mass is 16.5. The lowest BCUT2D eigenvalue weighted by Gasteiger charge is -2.29. The second kappa shape index (κ2) is 6.70. The van der Waals surface area contributed by atoms with Crippen molar-refractivity contribution in [2.24, 2.45) is 5.92 Å². The van der Waals surface area contributed by atoms with Gasteiger partial charge in [0.15, 0.2) is 0 Å². The molecular formula is C12H22N2O4. The summed E-state index contributed by atoms with van der Waals surface area (Å²) >= 11 is 0. The van der Waals surface area contributed by atoms with Crippen molar-refractivity contribution in [2.45, 2.75) is 25.9 Å². The highest BCUT2D eigenvalue weighted by Crippen LogP contribution is 2.18. The van der Waals surface area contributed by atoms with Gasteiger partial charge in [-0.15, -0.1) is 0 Å². The van der Waals surface area contributed by atoms with Crippen LogP contribution in [0, 0.1) is 5.92 Å². The Kier molecular flexibility index (Phi) is 5.55. The first-order valence-corrected chi connectivity index (χ1v) is 6.13. The van der Waals surface area contributed by atoms with Crippen LogP contribution in [0.2, 0.25) is 0 Å². The molecule has 0 spiro atoms. The molecule has 1 heterocycles. The molecule has 2 atom stereocenters. The molecule has 1 saturated heterocycles.